The zero-order chi connectivity index (χ0) is 17.3. The number of anilines is 1. The van der Waals surface area contributed by atoms with Crippen molar-refractivity contribution in [3.8, 4) is 0 Å². The molecule has 3 aliphatic rings. The molecule has 0 spiro atoms. The molecule has 1 aromatic carbocycles. The Kier molecular flexibility index (Phi) is 3.01. The fraction of sp³-hybridized carbons (Fsp3) is 0.444. The Morgan fingerprint density at radius 2 is 2.08 bits per heavy atom. The molecule has 1 saturated carbocycles. The van der Waals surface area contributed by atoms with Gasteiger partial charge in [0, 0.05) is 42.8 Å². The number of benzene rings is 1. The number of hydrogen-bond acceptors (Lipinski definition) is 4. The summed E-state index contributed by atoms with van der Waals surface area (Å²) in [5.74, 6) is -1.73. The molecule has 2 saturated heterocycles. The third kappa shape index (κ3) is 2.18. The molecule has 0 unspecified atom stereocenters. The summed E-state index contributed by atoms with van der Waals surface area (Å²) >= 11 is 0. The Morgan fingerprint density at radius 1 is 1.28 bits per heavy atom. The van der Waals surface area contributed by atoms with Crippen LogP contribution in [0.3, 0.4) is 0 Å². The largest absolute Gasteiger partial charge is 0.477 e. The lowest BCUT2D eigenvalue weighted by Gasteiger charge is -2.30. The number of nitrogens with zero attached hydrogens (tertiary/aromatic N) is 2. The number of pyridine rings is 1. The Hall–Kier alpha value is -2.41. The summed E-state index contributed by atoms with van der Waals surface area (Å²) < 4.78 is 16.6. The normalized spacial score (nSPS) is 25.1. The van der Waals surface area contributed by atoms with Gasteiger partial charge < -0.3 is 19.9 Å². The topological polar surface area (TPSA) is 74.6 Å². The Bertz CT molecular complexity index is 966. The molecule has 6 nitrogen and oxygen atoms in total. The minimum Gasteiger partial charge on any atom is -0.477 e. The van der Waals surface area contributed by atoms with Crippen LogP contribution >= 0.6 is 0 Å². The molecule has 7 heteroatoms. The SMILES string of the molecule is O=C(O)c1cn(C2CC2)c2cc(N3C[C@H]4C[C@@H]3CN4)c(F)cc2c1=O. The second-order valence-corrected chi connectivity index (χ2v) is 7.28. The van der Waals surface area contributed by atoms with Crippen molar-refractivity contribution >= 4 is 22.6 Å². The number of piperazine rings is 1. The first kappa shape index (κ1) is 14.9. The summed E-state index contributed by atoms with van der Waals surface area (Å²) in [6, 6.07) is 3.81. The van der Waals surface area contributed by atoms with E-state index in [1.807, 2.05) is 4.57 Å². The van der Waals surface area contributed by atoms with E-state index in [0.717, 1.165) is 32.4 Å². The number of fused-ring (bicyclic) bond motifs is 3. The van der Waals surface area contributed by atoms with Gasteiger partial charge in [0.2, 0.25) is 5.43 Å². The highest BCUT2D eigenvalue weighted by Crippen LogP contribution is 2.39. The zero-order valence-electron chi connectivity index (χ0n) is 13.5. The van der Waals surface area contributed by atoms with Crippen LogP contribution in [0.2, 0.25) is 0 Å². The number of carboxylic acids is 1. The minimum absolute atomic E-state index is 0.149. The Labute approximate surface area is 142 Å². The number of rotatable bonds is 3. The van der Waals surface area contributed by atoms with E-state index >= 15 is 0 Å². The molecule has 3 fully saturated rings. The molecular formula is C18H18FN3O3. The van der Waals surface area contributed by atoms with Gasteiger partial charge in [-0.05, 0) is 31.4 Å². The number of aromatic carboxylic acids is 1. The molecule has 2 atom stereocenters. The maximum Gasteiger partial charge on any atom is 0.341 e. The molecule has 3 heterocycles. The molecule has 2 N–H and O–H groups in total. The molecule has 5 rings (SSSR count). The molecule has 130 valence electrons. The minimum atomic E-state index is -1.27. The number of hydrogen-bond donors (Lipinski definition) is 2. The summed E-state index contributed by atoms with van der Waals surface area (Å²) in [5.41, 5.74) is 0.230. The average molecular weight is 343 g/mol. The van der Waals surface area contributed by atoms with Crippen molar-refractivity contribution in [2.75, 3.05) is 18.0 Å². The molecule has 2 aliphatic heterocycles. The van der Waals surface area contributed by atoms with Gasteiger partial charge in [-0.2, -0.15) is 0 Å². The van der Waals surface area contributed by atoms with Gasteiger partial charge in [-0.3, -0.25) is 4.79 Å². The van der Waals surface area contributed by atoms with Gasteiger partial charge in [0.25, 0.3) is 0 Å². The van der Waals surface area contributed by atoms with Gasteiger partial charge in [0.05, 0.1) is 11.2 Å². The monoisotopic (exact) mass is 343 g/mol. The zero-order valence-corrected chi connectivity index (χ0v) is 13.5. The van der Waals surface area contributed by atoms with E-state index in [1.54, 1.807) is 6.07 Å². The van der Waals surface area contributed by atoms with Crippen LogP contribution in [0.1, 0.15) is 35.7 Å². The van der Waals surface area contributed by atoms with Crippen LogP contribution in [0.5, 0.6) is 0 Å². The van der Waals surface area contributed by atoms with Gasteiger partial charge in [0.1, 0.15) is 11.4 Å². The van der Waals surface area contributed by atoms with Crippen molar-refractivity contribution in [3.63, 3.8) is 0 Å². The molecule has 0 radical (unpaired) electrons. The lowest BCUT2D eigenvalue weighted by Crippen LogP contribution is -2.44. The molecule has 1 aliphatic carbocycles. The third-order valence-corrected chi connectivity index (χ3v) is 5.64. The van der Waals surface area contributed by atoms with Crippen LogP contribution in [-0.2, 0) is 0 Å². The van der Waals surface area contributed by atoms with Gasteiger partial charge in [0.15, 0.2) is 0 Å². The number of aromatic nitrogens is 1. The van der Waals surface area contributed by atoms with Crippen molar-refractivity contribution in [2.45, 2.75) is 37.4 Å². The van der Waals surface area contributed by atoms with E-state index in [0.29, 0.717) is 17.2 Å². The van der Waals surface area contributed by atoms with E-state index in [4.69, 9.17) is 0 Å². The van der Waals surface area contributed by atoms with Crippen LogP contribution in [0.4, 0.5) is 10.1 Å². The number of carboxylic acid groups (broad SMARTS) is 1. The Morgan fingerprint density at radius 3 is 2.68 bits per heavy atom. The van der Waals surface area contributed by atoms with E-state index < -0.39 is 17.2 Å². The summed E-state index contributed by atoms with van der Waals surface area (Å²) in [6.07, 6.45) is 4.32. The maximum absolute atomic E-state index is 14.8. The van der Waals surface area contributed by atoms with Crippen LogP contribution in [0.15, 0.2) is 23.1 Å². The molecule has 1 aromatic heterocycles. The Balaban J connectivity index is 1.73. The second kappa shape index (κ2) is 5.05. The van der Waals surface area contributed by atoms with E-state index in [2.05, 4.69) is 10.2 Å². The highest BCUT2D eigenvalue weighted by atomic mass is 19.1. The fourth-order valence-corrected chi connectivity index (χ4v) is 4.24. The number of carbonyl (C=O) groups is 1. The van der Waals surface area contributed by atoms with E-state index in [1.165, 1.54) is 12.3 Å². The van der Waals surface area contributed by atoms with Gasteiger partial charge in [-0.25, -0.2) is 9.18 Å². The molecular weight excluding hydrogens is 325 g/mol. The lowest BCUT2D eigenvalue weighted by molar-refractivity contribution is 0.0695. The van der Waals surface area contributed by atoms with Crippen LogP contribution < -0.4 is 15.6 Å². The highest BCUT2D eigenvalue weighted by Gasteiger charge is 2.39. The molecule has 25 heavy (non-hydrogen) atoms. The van der Waals surface area contributed by atoms with Crippen molar-refractivity contribution in [2.24, 2.45) is 0 Å². The molecule has 2 aromatic rings. The number of nitrogens with one attached hydrogen (secondary N) is 1. The second-order valence-electron chi connectivity index (χ2n) is 7.28. The quantitative estimate of drug-likeness (QED) is 0.888. The van der Waals surface area contributed by atoms with Gasteiger partial charge >= 0.3 is 5.97 Å². The average Bonchev–Trinajstić information content (AvgIpc) is 3.21. The van der Waals surface area contributed by atoms with Crippen molar-refractivity contribution in [1.82, 2.24) is 9.88 Å². The summed E-state index contributed by atoms with van der Waals surface area (Å²) in [5, 5.41) is 12.8. The maximum atomic E-state index is 14.8. The van der Waals surface area contributed by atoms with Crippen LogP contribution in [-0.4, -0.2) is 40.8 Å². The molecule has 0 amide bonds. The van der Waals surface area contributed by atoms with Crippen LogP contribution in [0.25, 0.3) is 10.9 Å². The first-order chi connectivity index (χ1) is 12.0. The fourth-order valence-electron chi connectivity index (χ4n) is 4.24. The van der Waals surface area contributed by atoms with Crippen molar-refractivity contribution in [3.05, 3.63) is 39.9 Å². The predicted octanol–water partition coefficient (Wildman–Crippen LogP) is 1.72. The van der Waals surface area contributed by atoms with Crippen LogP contribution in [0, 0.1) is 5.82 Å². The summed E-state index contributed by atoms with van der Waals surface area (Å²) in [4.78, 5) is 26.0. The third-order valence-electron chi connectivity index (χ3n) is 5.64. The van der Waals surface area contributed by atoms with Gasteiger partial charge in [-0.1, -0.05) is 0 Å². The van der Waals surface area contributed by atoms with Crippen molar-refractivity contribution < 1.29 is 14.3 Å². The summed E-state index contributed by atoms with van der Waals surface area (Å²) in [7, 11) is 0. The highest BCUT2D eigenvalue weighted by molar-refractivity contribution is 5.93. The summed E-state index contributed by atoms with van der Waals surface area (Å²) in [6.45, 7) is 1.60. The first-order valence-corrected chi connectivity index (χ1v) is 8.64. The smallest absolute Gasteiger partial charge is 0.341 e. The van der Waals surface area contributed by atoms with Crippen molar-refractivity contribution in [1.29, 1.82) is 0 Å². The van der Waals surface area contributed by atoms with E-state index in [-0.39, 0.29) is 23.0 Å². The van der Waals surface area contributed by atoms with E-state index in [9.17, 15) is 19.1 Å². The van der Waals surface area contributed by atoms with Gasteiger partial charge in [-0.15, -0.1) is 0 Å². The predicted molar refractivity (Wildman–Crippen MR) is 90.9 cm³/mol. The standard InChI is InChI=1S/C18H18FN3O3/c19-14-4-12-15(5-16(14)21-7-9-3-11(21)6-20-9)22(10-1-2-10)8-13(17(12)23)18(24)25/h4-5,8-11,20H,1-3,6-7H2,(H,24,25)/t9-,11-/m1/s1. The number of halogens is 1. The lowest BCUT2D eigenvalue weighted by atomic mass is 10.1. The molecule has 2 bridgehead atoms. The first-order valence-electron chi connectivity index (χ1n) is 8.64.